The van der Waals surface area contributed by atoms with E-state index >= 15 is 0 Å². The first kappa shape index (κ1) is 18.8. The van der Waals surface area contributed by atoms with Crippen LogP contribution in [-0.4, -0.2) is 18.9 Å². The molecule has 12 heteroatoms. The number of fused-ring (bicyclic) bond motifs is 1. The van der Waals surface area contributed by atoms with Crippen LogP contribution in [0.4, 0.5) is 26.3 Å². The summed E-state index contributed by atoms with van der Waals surface area (Å²) in [4.78, 5) is 3.37. The number of alkyl halides is 6. The molecule has 1 aromatic carbocycles. The van der Waals surface area contributed by atoms with Gasteiger partial charge in [-0.1, -0.05) is 0 Å². The second-order valence-corrected chi connectivity index (χ2v) is 6.91. The number of benzene rings is 1. The number of hydrogen-bond donors (Lipinski definition) is 0. The zero-order valence-corrected chi connectivity index (χ0v) is 13.9. The Morgan fingerprint density at radius 2 is 1.71 bits per heavy atom. The molecule has 0 bridgehead atoms. The van der Waals surface area contributed by atoms with Gasteiger partial charge in [-0.05, 0) is 46.6 Å². The van der Waals surface area contributed by atoms with Crippen LogP contribution in [0, 0.1) is 6.92 Å². The summed E-state index contributed by atoms with van der Waals surface area (Å²) in [6, 6.07) is 2.56. The molecule has 0 radical (unpaired) electrons. The van der Waals surface area contributed by atoms with E-state index in [2.05, 4.69) is 25.1 Å². The van der Waals surface area contributed by atoms with Gasteiger partial charge in [0.1, 0.15) is 5.69 Å². The molecule has 0 aliphatic carbocycles. The third-order valence-electron chi connectivity index (χ3n) is 2.84. The quantitative estimate of drug-likeness (QED) is 0.392. The van der Waals surface area contributed by atoms with Crippen LogP contribution in [0.3, 0.4) is 0 Å². The summed E-state index contributed by atoms with van der Waals surface area (Å²) in [6.07, 6.45) is -4.70. The van der Waals surface area contributed by atoms with Crippen LogP contribution in [0.2, 0.25) is 0 Å². The van der Waals surface area contributed by atoms with E-state index < -0.39 is 33.2 Å². The second-order valence-electron chi connectivity index (χ2n) is 4.58. The van der Waals surface area contributed by atoms with Crippen LogP contribution in [0.5, 0.6) is 5.75 Å². The van der Waals surface area contributed by atoms with Gasteiger partial charge in [0.15, 0.2) is 5.75 Å². The molecule has 0 N–H and O–H groups in total. The number of hydrogen-bond acceptors (Lipinski definition) is 4. The fourth-order valence-electron chi connectivity index (χ4n) is 1.75. The second kappa shape index (κ2) is 5.76. The van der Waals surface area contributed by atoms with Crippen LogP contribution >= 0.6 is 15.9 Å². The SMILES string of the molecule is Cc1cc2nc(C(F)(F)F)ccc2c(Br)c1OS(=O)(=O)C(F)(F)F. The first-order chi connectivity index (χ1) is 10.7. The van der Waals surface area contributed by atoms with Gasteiger partial charge < -0.3 is 4.18 Å². The van der Waals surface area contributed by atoms with E-state index in [1.807, 2.05) is 0 Å². The molecular formula is C12H6BrF6NO3S. The number of aromatic nitrogens is 1. The van der Waals surface area contributed by atoms with Gasteiger partial charge in [-0.3, -0.25) is 0 Å². The lowest BCUT2D eigenvalue weighted by Gasteiger charge is -2.15. The smallest absolute Gasteiger partial charge is 0.375 e. The van der Waals surface area contributed by atoms with Crippen molar-refractivity contribution in [2.75, 3.05) is 0 Å². The van der Waals surface area contributed by atoms with Gasteiger partial charge in [-0.2, -0.15) is 34.8 Å². The average Bonchev–Trinajstić information content (AvgIpc) is 2.40. The molecule has 2 rings (SSSR count). The van der Waals surface area contributed by atoms with E-state index in [0.29, 0.717) is 6.07 Å². The Labute approximate surface area is 139 Å². The largest absolute Gasteiger partial charge is 0.534 e. The monoisotopic (exact) mass is 437 g/mol. The van der Waals surface area contributed by atoms with Gasteiger partial charge >= 0.3 is 21.8 Å². The third-order valence-corrected chi connectivity index (χ3v) is 4.58. The highest BCUT2D eigenvalue weighted by atomic mass is 79.9. The molecule has 0 saturated carbocycles. The minimum absolute atomic E-state index is 0.0408. The fourth-order valence-corrected chi connectivity index (χ4v) is 3.12. The van der Waals surface area contributed by atoms with Crippen molar-refractivity contribution in [1.82, 2.24) is 4.98 Å². The number of pyridine rings is 1. The molecule has 2 aromatic rings. The highest BCUT2D eigenvalue weighted by Gasteiger charge is 2.49. The van der Waals surface area contributed by atoms with Crippen molar-refractivity contribution in [3.8, 4) is 5.75 Å². The number of rotatable bonds is 2. The molecule has 1 heterocycles. The van der Waals surface area contributed by atoms with Crippen LogP contribution in [0.15, 0.2) is 22.7 Å². The van der Waals surface area contributed by atoms with Crippen molar-refractivity contribution in [3.63, 3.8) is 0 Å². The van der Waals surface area contributed by atoms with Crippen molar-refractivity contribution in [3.05, 3.63) is 33.9 Å². The highest BCUT2D eigenvalue weighted by Crippen LogP contribution is 2.39. The van der Waals surface area contributed by atoms with Crippen molar-refractivity contribution in [2.24, 2.45) is 0 Å². The van der Waals surface area contributed by atoms with Gasteiger partial charge in [0.2, 0.25) is 0 Å². The summed E-state index contributed by atoms with van der Waals surface area (Å²) < 4.78 is 101. The number of nitrogens with zero attached hydrogens (tertiary/aromatic N) is 1. The molecule has 24 heavy (non-hydrogen) atoms. The summed E-state index contributed by atoms with van der Waals surface area (Å²) >= 11 is 2.85. The minimum atomic E-state index is -5.93. The van der Waals surface area contributed by atoms with Gasteiger partial charge in [0, 0.05) is 5.39 Å². The van der Waals surface area contributed by atoms with Gasteiger partial charge in [0.25, 0.3) is 0 Å². The summed E-state index contributed by atoms with van der Waals surface area (Å²) in [7, 11) is -5.93. The Morgan fingerprint density at radius 3 is 2.21 bits per heavy atom. The van der Waals surface area contributed by atoms with Crippen LogP contribution in [-0.2, 0) is 16.3 Å². The summed E-state index contributed by atoms with van der Waals surface area (Å²) in [5.74, 6) is -0.679. The van der Waals surface area contributed by atoms with Gasteiger partial charge in [-0.25, -0.2) is 4.98 Å². The fraction of sp³-hybridized carbons (Fsp3) is 0.250. The molecular weight excluding hydrogens is 432 g/mol. The van der Waals surface area contributed by atoms with Crippen LogP contribution in [0.1, 0.15) is 11.3 Å². The molecule has 0 unspecified atom stereocenters. The Balaban J connectivity index is 2.63. The molecule has 0 aliphatic heterocycles. The molecule has 0 aliphatic rings. The first-order valence-electron chi connectivity index (χ1n) is 5.92. The normalized spacial score (nSPS) is 13.3. The van der Waals surface area contributed by atoms with Gasteiger partial charge in [0.05, 0.1) is 9.99 Å². The Hall–Kier alpha value is -1.56. The molecule has 4 nitrogen and oxygen atoms in total. The molecule has 132 valence electrons. The summed E-state index contributed by atoms with van der Waals surface area (Å²) in [5, 5.41) is -0.0408. The van der Waals surface area contributed by atoms with Gasteiger partial charge in [-0.15, -0.1) is 0 Å². The maximum Gasteiger partial charge on any atom is 0.534 e. The molecule has 0 fully saturated rings. The predicted octanol–water partition coefficient (Wildman–Crippen LogP) is 4.55. The summed E-state index contributed by atoms with van der Waals surface area (Å²) in [5.41, 5.74) is -7.18. The van der Waals surface area contributed by atoms with E-state index in [1.165, 1.54) is 6.92 Å². The van der Waals surface area contributed by atoms with Crippen molar-refractivity contribution < 1.29 is 38.9 Å². The predicted molar refractivity (Wildman–Crippen MR) is 74.8 cm³/mol. The van der Waals surface area contributed by atoms with E-state index in [1.54, 1.807) is 0 Å². The lowest BCUT2D eigenvalue weighted by Crippen LogP contribution is -2.28. The van der Waals surface area contributed by atoms with E-state index in [-0.39, 0.29) is 20.9 Å². The molecule has 0 saturated heterocycles. The maximum atomic E-state index is 12.6. The number of aryl methyl sites for hydroxylation is 1. The minimum Gasteiger partial charge on any atom is -0.375 e. The molecule has 0 amide bonds. The Bertz CT molecular complexity index is 908. The lowest BCUT2D eigenvalue weighted by atomic mass is 10.1. The third kappa shape index (κ3) is 3.43. The van der Waals surface area contributed by atoms with Crippen molar-refractivity contribution in [1.29, 1.82) is 0 Å². The highest BCUT2D eigenvalue weighted by molar-refractivity contribution is 9.10. The maximum absolute atomic E-state index is 12.6. The topological polar surface area (TPSA) is 56.3 Å². The zero-order valence-electron chi connectivity index (χ0n) is 11.5. The van der Waals surface area contributed by atoms with E-state index in [4.69, 9.17) is 0 Å². The first-order valence-corrected chi connectivity index (χ1v) is 8.12. The van der Waals surface area contributed by atoms with E-state index in [9.17, 15) is 34.8 Å². The van der Waals surface area contributed by atoms with Crippen molar-refractivity contribution in [2.45, 2.75) is 18.6 Å². The van der Waals surface area contributed by atoms with Crippen molar-refractivity contribution >= 4 is 37.0 Å². The summed E-state index contributed by atoms with van der Waals surface area (Å²) in [6.45, 7) is 1.17. The molecule has 1 aromatic heterocycles. The standard InChI is InChI=1S/C12H6BrF6NO3S/c1-5-4-7-6(2-3-8(20-7)11(14,15)16)9(13)10(5)23-24(21,22)12(17,18)19/h2-4H,1H3. The molecule has 0 atom stereocenters. The average molecular weight is 438 g/mol. The Morgan fingerprint density at radius 1 is 1.12 bits per heavy atom. The van der Waals surface area contributed by atoms with E-state index in [0.717, 1.165) is 12.1 Å². The molecule has 0 spiro atoms. The lowest BCUT2D eigenvalue weighted by molar-refractivity contribution is -0.140. The Kier molecular flexibility index (Phi) is 4.50. The van der Waals surface area contributed by atoms with Crippen LogP contribution in [0.25, 0.3) is 10.9 Å². The number of halogens is 7. The zero-order chi connectivity index (χ0) is 18.5. The van der Waals surface area contributed by atoms with Crippen LogP contribution < -0.4 is 4.18 Å².